The SMILES string of the molecule is NCC1CN=C(c2ccc(C#Cc3c(N)ncc4ccc(Cl)cc34)cc2)N1. The number of nitrogen functional groups attached to an aromatic ring is 1. The summed E-state index contributed by atoms with van der Waals surface area (Å²) in [7, 11) is 0. The normalized spacial score (nSPS) is 15.8. The van der Waals surface area contributed by atoms with Gasteiger partial charge in [0.2, 0.25) is 0 Å². The van der Waals surface area contributed by atoms with Gasteiger partial charge in [0, 0.05) is 39.7 Å². The molecule has 134 valence electrons. The van der Waals surface area contributed by atoms with Crippen LogP contribution in [0.15, 0.2) is 53.7 Å². The van der Waals surface area contributed by atoms with Crippen molar-refractivity contribution in [3.8, 4) is 11.8 Å². The zero-order valence-electron chi connectivity index (χ0n) is 14.5. The van der Waals surface area contributed by atoms with Crippen LogP contribution in [0.3, 0.4) is 0 Å². The number of nitrogens with one attached hydrogen (secondary N) is 1. The summed E-state index contributed by atoms with van der Waals surface area (Å²) in [5.74, 6) is 7.58. The summed E-state index contributed by atoms with van der Waals surface area (Å²) in [6, 6.07) is 13.7. The summed E-state index contributed by atoms with van der Waals surface area (Å²) in [6.07, 6.45) is 1.73. The van der Waals surface area contributed by atoms with Crippen molar-refractivity contribution in [2.24, 2.45) is 10.7 Å². The number of fused-ring (bicyclic) bond motifs is 1. The maximum atomic E-state index is 6.13. The van der Waals surface area contributed by atoms with Gasteiger partial charge in [0.1, 0.15) is 11.7 Å². The second kappa shape index (κ2) is 7.28. The van der Waals surface area contributed by atoms with Crippen LogP contribution in [0.5, 0.6) is 0 Å². The fraction of sp³-hybridized carbons (Fsp3) is 0.143. The molecular weight excluding hydrogens is 358 g/mol. The summed E-state index contributed by atoms with van der Waals surface area (Å²) < 4.78 is 0. The third-order valence-electron chi connectivity index (χ3n) is 4.47. The molecule has 1 unspecified atom stereocenters. The molecule has 2 aromatic carbocycles. The maximum absolute atomic E-state index is 6.13. The Labute approximate surface area is 162 Å². The van der Waals surface area contributed by atoms with Gasteiger partial charge in [-0.25, -0.2) is 4.98 Å². The molecule has 4 rings (SSSR count). The van der Waals surface area contributed by atoms with Gasteiger partial charge < -0.3 is 16.8 Å². The number of aliphatic imine (C=N–C) groups is 1. The van der Waals surface area contributed by atoms with E-state index in [0.717, 1.165) is 27.7 Å². The highest BCUT2D eigenvalue weighted by Gasteiger charge is 2.16. The van der Waals surface area contributed by atoms with Crippen LogP contribution in [-0.4, -0.2) is 30.0 Å². The average molecular weight is 376 g/mol. The number of aromatic nitrogens is 1. The van der Waals surface area contributed by atoms with E-state index in [0.29, 0.717) is 29.5 Å². The largest absolute Gasteiger partial charge is 0.383 e. The molecule has 6 heteroatoms. The van der Waals surface area contributed by atoms with E-state index in [4.69, 9.17) is 23.1 Å². The number of hydrogen-bond acceptors (Lipinski definition) is 5. The highest BCUT2D eigenvalue weighted by molar-refractivity contribution is 6.31. The Morgan fingerprint density at radius 3 is 2.70 bits per heavy atom. The Morgan fingerprint density at radius 2 is 1.96 bits per heavy atom. The van der Waals surface area contributed by atoms with Crippen molar-refractivity contribution in [1.82, 2.24) is 10.3 Å². The molecule has 3 aromatic rings. The molecule has 27 heavy (non-hydrogen) atoms. The number of rotatable bonds is 2. The molecule has 1 aliphatic rings. The van der Waals surface area contributed by atoms with Crippen LogP contribution in [0.25, 0.3) is 10.8 Å². The van der Waals surface area contributed by atoms with Gasteiger partial charge in [-0.15, -0.1) is 0 Å². The standard InChI is InChI=1S/C21H18ClN5/c22-16-7-6-15-11-25-20(24)18(19(15)9-16)8-3-13-1-4-14(5-2-13)21-26-12-17(10-23)27-21/h1-2,4-7,9,11,17H,10,12,23H2,(H2,24,25)(H,26,27). The van der Waals surface area contributed by atoms with E-state index < -0.39 is 0 Å². The van der Waals surface area contributed by atoms with Crippen LogP contribution >= 0.6 is 11.6 Å². The van der Waals surface area contributed by atoms with Crippen LogP contribution in [0.2, 0.25) is 5.02 Å². The number of pyridine rings is 1. The topological polar surface area (TPSA) is 89.3 Å². The number of anilines is 1. The van der Waals surface area contributed by atoms with Crippen LogP contribution < -0.4 is 16.8 Å². The molecule has 0 amide bonds. The van der Waals surface area contributed by atoms with E-state index in [-0.39, 0.29) is 6.04 Å². The van der Waals surface area contributed by atoms with Gasteiger partial charge in [-0.2, -0.15) is 0 Å². The fourth-order valence-corrected chi connectivity index (χ4v) is 3.14. The van der Waals surface area contributed by atoms with Crippen LogP contribution in [0.1, 0.15) is 16.7 Å². The number of benzene rings is 2. The summed E-state index contributed by atoms with van der Waals surface area (Å²) in [5, 5.41) is 5.81. The molecule has 5 nitrogen and oxygen atoms in total. The Balaban J connectivity index is 1.63. The van der Waals surface area contributed by atoms with Gasteiger partial charge >= 0.3 is 0 Å². The second-order valence-electron chi connectivity index (χ2n) is 6.34. The van der Waals surface area contributed by atoms with Crippen molar-refractivity contribution in [3.63, 3.8) is 0 Å². The Hall–Kier alpha value is -3.07. The minimum atomic E-state index is 0.216. The Kier molecular flexibility index (Phi) is 4.68. The monoisotopic (exact) mass is 375 g/mol. The molecule has 0 fully saturated rings. The highest BCUT2D eigenvalue weighted by Crippen LogP contribution is 2.24. The first-order valence-corrected chi connectivity index (χ1v) is 8.99. The molecule has 0 bridgehead atoms. The molecule has 2 heterocycles. The van der Waals surface area contributed by atoms with E-state index in [1.807, 2.05) is 42.5 Å². The lowest BCUT2D eigenvalue weighted by atomic mass is 10.1. The van der Waals surface area contributed by atoms with Crippen LogP contribution in [0.4, 0.5) is 5.82 Å². The first-order valence-electron chi connectivity index (χ1n) is 8.61. The molecule has 1 aromatic heterocycles. The molecule has 0 aliphatic carbocycles. The maximum Gasteiger partial charge on any atom is 0.139 e. The van der Waals surface area contributed by atoms with Gasteiger partial charge in [0.25, 0.3) is 0 Å². The molecule has 0 saturated heterocycles. The molecule has 1 aliphatic heterocycles. The highest BCUT2D eigenvalue weighted by atomic mass is 35.5. The number of halogens is 1. The molecular formula is C21H18ClN5. The van der Waals surface area contributed by atoms with Crippen LogP contribution in [-0.2, 0) is 0 Å². The van der Waals surface area contributed by atoms with Gasteiger partial charge in [-0.05, 0) is 24.3 Å². The van der Waals surface area contributed by atoms with E-state index in [1.165, 1.54) is 0 Å². The average Bonchev–Trinajstić information content (AvgIpc) is 3.17. The number of hydrogen-bond donors (Lipinski definition) is 3. The predicted molar refractivity (Wildman–Crippen MR) is 111 cm³/mol. The van der Waals surface area contributed by atoms with Crippen molar-refractivity contribution in [2.45, 2.75) is 6.04 Å². The predicted octanol–water partition coefficient (Wildman–Crippen LogP) is 2.55. The molecule has 0 saturated carbocycles. The zero-order chi connectivity index (χ0) is 18.8. The lowest BCUT2D eigenvalue weighted by Crippen LogP contribution is -2.36. The molecule has 0 radical (unpaired) electrons. The summed E-state index contributed by atoms with van der Waals surface area (Å²) in [4.78, 5) is 8.72. The fourth-order valence-electron chi connectivity index (χ4n) is 2.97. The number of amidine groups is 1. The lowest BCUT2D eigenvalue weighted by molar-refractivity contribution is 0.668. The summed E-state index contributed by atoms with van der Waals surface area (Å²) in [6.45, 7) is 1.28. The number of nitrogens with two attached hydrogens (primary N) is 2. The van der Waals surface area contributed by atoms with E-state index in [2.05, 4.69) is 27.1 Å². The zero-order valence-corrected chi connectivity index (χ0v) is 15.3. The quantitative estimate of drug-likeness (QED) is 0.600. The van der Waals surface area contributed by atoms with Crippen LogP contribution in [0, 0.1) is 11.8 Å². The minimum absolute atomic E-state index is 0.216. The smallest absolute Gasteiger partial charge is 0.139 e. The lowest BCUT2D eigenvalue weighted by Gasteiger charge is -2.08. The second-order valence-corrected chi connectivity index (χ2v) is 6.78. The Bertz CT molecular complexity index is 1090. The molecule has 1 atom stereocenters. The van der Waals surface area contributed by atoms with Gasteiger partial charge in [-0.3, -0.25) is 4.99 Å². The third kappa shape index (κ3) is 3.59. The number of nitrogens with zero attached hydrogens (tertiary/aromatic N) is 2. The van der Waals surface area contributed by atoms with E-state index in [1.54, 1.807) is 6.20 Å². The third-order valence-corrected chi connectivity index (χ3v) is 4.70. The van der Waals surface area contributed by atoms with E-state index in [9.17, 15) is 0 Å². The summed E-state index contributed by atoms with van der Waals surface area (Å²) >= 11 is 6.13. The van der Waals surface area contributed by atoms with Crippen molar-refractivity contribution in [2.75, 3.05) is 18.8 Å². The van der Waals surface area contributed by atoms with Gasteiger partial charge in [0.05, 0.1) is 18.2 Å². The first kappa shape index (κ1) is 17.3. The van der Waals surface area contributed by atoms with Crippen molar-refractivity contribution < 1.29 is 0 Å². The van der Waals surface area contributed by atoms with Gasteiger partial charge in [0.15, 0.2) is 0 Å². The molecule has 5 N–H and O–H groups in total. The Morgan fingerprint density at radius 1 is 1.15 bits per heavy atom. The van der Waals surface area contributed by atoms with Crippen molar-refractivity contribution >= 4 is 34.0 Å². The van der Waals surface area contributed by atoms with Crippen molar-refractivity contribution in [1.29, 1.82) is 0 Å². The van der Waals surface area contributed by atoms with E-state index >= 15 is 0 Å². The molecule has 0 spiro atoms. The van der Waals surface area contributed by atoms with Gasteiger partial charge in [-0.1, -0.05) is 41.6 Å². The van der Waals surface area contributed by atoms with Crippen molar-refractivity contribution in [3.05, 3.63) is 70.4 Å². The summed E-state index contributed by atoms with van der Waals surface area (Å²) in [5.41, 5.74) is 14.3. The first-order chi connectivity index (χ1) is 13.1. The minimum Gasteiger partial charge on any atom is -0.383 e.